The zero-order valence-corrected chi connectivity index (χ0v) is 11.5. The van der Waals surface area contributed by atoms with Crippen LogP contribution in [0.25, 0.3) is 5.95 Å². The largest absolute Gasteiger partial charge is 0.368 e. The third kappa shape index (κ3) is 2.94. The van der Waals surface area contributed by atoms with E-state index in [1.54, 1.807) is 29.5 Å². The lowest BCUT2D eigenvalue weighted by Crippen LogP contribution is -2.21. The van der Waals surface area contributed by atoms with Gasteiger partial charge in [-0.05, 0) is 12.1 Å². The molecule has 0 saturated carbocycles. The zero-order chi connectivity index (χ0) is 14.7. The topological polar surface area (TPSA) is 98.6 Å². The van der Waals surface area contributed by atoms with Crippen molar-refractivity contribution in [3.63, 3.8) is 0 Å². The summed E-state index contributed by atoms with van der Waals surface area (Å²) in [7, 11) is 1.88. The van der Waals surface area contributed by atoms with E-state index in [0.717, 1.165) is 5.69 Å². The van der Waals surface area contributed by atoms with Crippen LogP contribution >= 0.6 is 0 Å². The Morgan fingerprint density at radius 1 is 1.19 bits per heavy atom. The highest BCUT2D eigenvalue weighted by Crippen LogP contribution is 2.12. The smallest absolute Gasteiger partial charge is 0.241 e. The Morgan fingerprint density at radius 2 is 2.10 bits per heavy atom. The first kappa shape index (κ1) is 13.0. The highest BCUT2D eigenvalue weighted by molar-refractivity contribution is 5.37. The third-order valence-corrected chi connectivity index (χ3v) is 2.83. The van der Waals surface area contributed by atoms with Crippen molar-refractivity contribution in [1.82, 2.24) is 29.5 Å². The van der Waals surface area contributed by atoms with Crippen LogP contribution in [0.15, 0.2) is 43.1 Å². The molecule has 0 amide bonds. The second-order valence-corrected chi connectivity index (χ2v) is 4.44. The van der Waals surface area contributed by atoms with Crippen molar-refractivity contribution in [2.24, 2.45) is 0 Å². The van der Waals surface area contributed by atoms with E-state index >= 15 is 0 Å². The fraction of sp³-hybridized carbons (Fsp3) is 0.154. The molecular weight excluding hydrogens is 268 g/mol. The Bertz CT molecular complexity index is 710. The monoisotopic (exact) mass is 282 g/mol. The number of aromatic nitrogens is 6. The quantitative estimate of drug-likeness (QED) is 0.750. The van der Waals surface area contributed by atoms with Gasteiger partial charge in [-0.25, -0.2) is 4.98 Å². The molecule has 0 aliphatic rings. The molecule has 0 spiro atoms. The van der Waals surface area contributed by atoms with Crippen LogP contribution in [0.2, 0.25) is 0 Å². The van der Waals surface area contributed by atoms with Crippen molar-refractivity contribution >= 4 is 11.9 Å². The molecule has 0 bridgehead atoms. The first-order chi connectivity index (χ1) is 10.2. The van der Waals surface area contributed by atoms with Crippen LogP contribution in [0, 0.1) is 0 Å². The Hall–Kier alpha value is -3.03. The van der Waals surface area contributed by atoms with Crippen LogP contribution in [0.3, 0.4) is 0 Å². The van der Waals surface area contributed by atoms with E-state index in [1.165, 1.54) is 0 Å². The van der Waals surface area contributed by atoms with Gasteiger partial charge in [0.2, 0.25) is 17.8 Å². The minimum Gasteiger partial charge on any atom is -0.368 e. The fourth-order valence-corrected chi connectivity index (χ4v) is 1.84. The van der Waals surface area contributed by atoms with Gasteiger partial charge in [-0.2, -0.15) is 15.0 Å². The van der Waals surface area contributed by atoms with Gasteiger partial charge in [0.15, 0.2) is 0 Å². The summed E-state index contributed by atoms with van der Waals surface area (Å²) in [5.74, 6) is 1.08. The number of rotatable bonds is 4. The molecule has 0 atom stereocenters. The van der Waals surface area contributed by atoms with E-state index in [1.807, 2.05) is 30.1 Å². The normalized spacial score (nSPS) is 10.5. The minimum atomic E-state index is 0.163. The van der Waals surface area contributed by atoms with Crippen molar-refractivity contribution in [3.8, 4) is 5.95 Å². The highest BCUT2D eigenvalue weighted by atomic mass is 15.3. The summed E-state index contributed by atoms with van der Waals surface area (Å²) in [6.45, 7) is 0.577. The predicted octanol–water partition coefficient (Wildman–Crippen LogP) is 0.671. The summed E-state index contributed by atoms with van der Waals surface area (Å²) in [6.07, 6.45) is 6.76. The average molecular weight is 282 g/mol. The highest BCUT2D eigenvalue weighted by Gasteiger charge is 2.11. The summed E-state index contributed by atoms with van der Waals surface area (Å²) in [6, 6.07) is 5.76. The van der Waals surface area contributed by atoms with Crippen LogP contribution < -0.4 is 10.6 Å². The summed E-state index contributed by atoms with van der Waals surface area (Å²) >= 11 is 0. The van der Waals surface area contributed by atoms with Gasteiger partial charge < -0.3 is 10.6 Å². The molecule has 0 radical (unpaired) electrons. The Morgan fingerprint density at radius 3 is 2.81 bits per heavy atom. The van der Waals surface area contributed by atoms with Crippen LogP contribution in [0.1, 0.15) is 5.69 Å². The molecule has 0 aromatic carbocycles. The molecule has 106 valence electrons. The summed E-state index contributed by atoms with van der Waals surface area (Å²) in [5.41, 5.74) is 6.68. The van der Waals surface area contributed by atoms with Crippen LogP contribution in [0.4, 0.5) is 11.9 Å². The second-order valence-electron chi connectivity index (χ2n) is 4.44. The number of hydrogen-bond donors (Lipinski definition) is 1. The lowest BCUT2D eigenvalue weighted by atomic mass is 10.3. The molecule has 3 aromatic rings. The van der Waals surface area contributed by atoms with E-state index in [-0.39, 0.29) is 5.95 Å². The summed E-state index contributed by atoms with van der Waals surface area (Å²) in [4.78, 5) is 22.8. The molecule has 0 unspecified atom stereocenters. The van der Waals surface area contributed by atoms with Crippen molar-refractivity contribution in [1.29, 1.82) is 0 Å². The zero-order valence-electron chi connectivity index (χ0n) is 11.5. The second kappa shape index (κ2) is 5.53. The van der Waals surface area contributed by atoms with Gasteiger partial charge >= 0.3 is 0 Å². The van der Waals surface area contributed by atoms with E-state index in [4.69, 9.17) is 5.73 Å². The van der Waals surface area contributed by atoms with E-state index in [2.05, 4.69) is 24.9 Å². The lowest BCUT2D eigenvalue weighted by molar-refractivity contribution is 0.812. The molecular formula is C13H14N8. The van der Waals surface area contributed by atoms with Crippen molar-refractivity contribution in [2.75, 3.05) is 17.7 Å². The number of hydrogen-bond acceptors (Lipinski definition) is 7. The van der Waals surface area contributed by atoms with Gasteiger partial charge in [-0.15, -0.1) is 0 Å². The molecule has 0 saturated heterocycles. The van der Waals surface area contributed by atoms with Gasteiger partial charge in [0.05, 0.1) is 12.2 Å². The van der Waals surface area contributed by atoms with Crippen molar-refractivity contribution in [3.05, 3.63) is 48.8 Å². The summed E-state index contributed by atoms with van der Waals surface area (Å²) in [5, 5.41) is 0. The molecule has 0 fully saturated rings. The van der Waals surface area contributed by atoms with E-state index in [0.29, 0.717) is 18.4 Å². The number of anilines is 2. The van der Waals surface area contributed by atoms with E-state index < -0.39 is 0 Å². The van der Waals surface area contributed by atoms with Gasteiger partial charge in [-0.1, -0.05) is 6.07 Å². The first-order valence-corrected chi connectivity index (χ1v) is 6.33. The third-order valence-electron chi connectivity index (χ3n) is 2.83. The maximum Gasteiger partial charge on any atom is 0.241 e. The molecule has 0 aliphatic heterocycles. The van der Waals surface area contributed by atoms with Gasteiger partial charge in [0.1, 0.15) is 6.33 Å². The SMILES string of the molecule is CN(Cc1ccccn1)c1nc(N)nc(-n2ccnc2)n1. The Labute approximate surface area is 121 Å². The summed E-state index contributed by atoms with van der Waals surface area (Å²) < 4.78 is 1.68. The number of imidazole rings is 1. The lowest BCUT2D eigenvalue weighted by Gasteiger charge is -2.17. The van der Waals surface area contributed by atoms with E-state index in [9.17, 15) is 0 Å². The molecule has 3 heterocycles. The first-order valence-electron chi connectivity index (χ1n) is 6.33. The fourth-order valence-electron chi connectivity index (χ4n) is 1.84. The molecule has 3 rings (SSSR count). The average Bonchev–Trinajstić information content (AvgIpc) is 3.02. The molecule has 8 heteroatoms. The number of nitrogen functional groups attached to an aromatic ring is 1. The molecule has 21 heavy (non-hydrogen) atoms. The maximum atomic E-state index is 5.76. The van der Waals surface area contributed by atoms with Gasteiger partial charge in [0.25, 0.3) is 0 Å². The number of pyridine rings is 1. The number of nitrogens with zero attached hydrogens (tertiary/aromatic N) is 7. The van der Waals surface area contributed by atoms with Crippen molar-refractivity contribution in [2.45, 2.75) is 6.54 Å². The minimum absolute atomic E-state index is 0.163. The molecule has 2 N–H and O–H groups in total. The maximum absolute atomic E-state index is 5.76. The molecule has 8 nitrogen and oxygen atoms in total. The van der Waals surface area contributed by atoms with Gasteiger partial charge in [-0.3, -0.25) is 9.55 Å². The number of nitrogens with two attached hydrogens (primary N) is 1. The Kier molecular flexibility index (Phi) is 3.42. The van der Waals surface area contributed by atoms with Crippen LogP contribution in [0.5, 0.6) is 0 Å². The molecule has 3 aromatic heterocycles. The van der Waals surface area contributed by atoms with Crippen molar-refractivity contribution < 1.29 is 0 Å². The van der Waals surface area contributed by atoms with Crippen LogP contribution in [-0.4, -0.2) is 36.5 Å². The molecule has 0 aliphatic carbocycles. The standard InChI is InChI=1S/C13H14N8/c1-20(8-10-4-2-3-5-16-10)12-17-11(14)18-13(19-12)21-7-6-15-9-21/h2-7,9H,8H2,1H3,(H2,14,17,18,19). The van der Waals surface area contributed by atoms with Gasteiger partial charge in [0, 0.05) is 25.6 Å². The Balaban J connectivity index is 1.88. The predicted molar refractivity (Wildman–Crippen MR) is 77.7 cm³/mol. The van der Waals surface area contributed by atoms with Crippen LogP contribution in [-0.2, 0) is 6.54 Å².